The number of benzene rings is 1. The van der Waals surface area contributed by atoms with Gasteiger partial charge in [-0.05, 0) is 30.9 Å². The summed E-state index contributed by atoms with van der Waals surface area (Å²) in [7, 11) is 0. The number of amides is 1. The van der Waals surface area contributed by atoms with E-state index in [9.17, 15) is 9.90 Å². The highest BCUT2D eigenvalue weighted by Crippen LogP contribution is 2.35. The van der Waals surface area contributed by atoms with Crippen LogP contribution in [0.5, 0.6) is 0 Å². The molecule has 20 heavy (non-hydrogen) atoms. The van der Waals surface area contributed by atoms with Crippen LogP contribution in [0.3, 0.4) is 0 Å². The monoisotopic (exact) mass is 274 g/mol. The van der Waals surface area contributed by atoms with Gasteiger partial charge >= 0.3 is 0 Å². The number of para-hydroxylation sites is 1. The molecule has 1 aromatic rings. The summed E-state index contributed by atoms with van der Waals surface area (Å²) >= 11 is 0. The summed E-state index contributed by atoms with van der Waals surface area (Å²) in [6.07, 6.45) is 3.66. The Morgan fingerprint density at radius 1 is 1.55 bits per heavy atom. The SMILES string of the molecule is C=CCCC(O)CN1CCC(C(N)=O)c2ccccc21. The number of aliphatic hydroxyl groups is 1. The number of carbonyl (C=O) groups is 1. The molecule has 1 amide bonds. The molecule has 0 bridgehead atoms. The van der Waals surface area contributed by atoms with Gasteiger partial charge in [-0.3, -0.25) is 4.79 Å². The smallest absolute Gasteiger partial charge is 0.225 e. The molecule has 1 aliphatic rings. The molecule has 0 radical (unpaired) electrons. The van der Waals surface area contributed by atoms with Gasteiger partial charge in [0.25, 0.3) is 0 Å². The molecule has 0 fully saturated rings. The van der Waals surface area contributed by atoms with E-state index in [1.54, 1.807) is 0 Å². The Bertz CT molecular complexity index is 487. The van der Waals surface area contributed by atoms with E-state index in [0.717, 1.165) is 24.2 Å². The number of aliphatic hydroxyl groups excluding tert-OH is 1. The summed E-state index contributed by atoms with van der Waals surface area (Å²) in [4.78, 5) is 13.7. The van der Waals surface area contributed by atoms with Crippen molar-refractivity contribution in [1.82, 2.24) is 0 Å². The maximum atomic E-state index is 11.5. The maximum absolute atomic E-state index is 11.5. The third-order valence-electron chi connectivity index (χ3n) is 3.82. The predicted molar refractivity (Wildman–Crippen MR) is 80.6 cm³/mol. The molecule has 1 heterocycles. The van der Waals surface area contributed by atoms with E-state index in [1.807, 2.05) is 30.3 Å². The molecule has 0 aliphatic carbocycles. The third-order valence-corrected chi connectivity index (χ3v) is 3.82. The number of hydrogen-bond donors (Lipinski definition) is 2. The number of β-amino-alcohol motifs (C(OH)–C–C–N with tert-alkyl or cyclic N) is 1. The van der Waals surface area contributed by atoms with Gasteiger partial charge in [0.15, 0.2) is 0 Å². The van der Waals surface area contributed by atoms with E-state index in [2.05, 4.69) is 11.5 Å². The fraction of sp³-hybridized carbons (Fsp3) is 0.438. The minimum atomic E-state index is -0.383. The number of allylic oxidation sites excluding steroid dienone is 1. The van der Waals surface area contributed by atoms with Crippen LogP contribution < -0.4 is 10.6 Å². The molecule has 0 saturated carbocycles. The highest BCUT2D eigenvalue weighted by Gasteiger charge is 2.28. The molecule has 2 rings (SSSR count). The van der Waals surface area contributed by atoms with Crippen molar-refractivity contribution >= 4 is 11.6 Å². The standard InChI is InChI=1S/C16H22N2O2/c1-2-3-6-12(19)11-18-10-9-14(16(17)20)13-7-4-5-8-15(13)18/h2,4-5,7-8,12,14,19H,1,3,6,9-11H2,(H2,17,20). The number of primary amides is 1. The first-order valence-corrected chi connectivity index (χ1v) is 7.05. The molecule has 1 aliphatic heterocycles. The summed E-state index contributed by atoms with van der Waals surface area (Å²) < 4.78 is 0. The molecule has 108 valence electrons. The van der Waals surface area contributed by atoms with Gasteiger partial charge in [-0.15, -0.1) is 6.58 Å². The molecule has 4 nitrogen and oxygen atoms in total. The van der Waals surface area contributed by atoms with Crippen LogP contribution in [-0.2, 0) is 4.79 Å². The van der Waals surface area contributed by atoms with Gasteiger partial charge in [-0.2, -0.15) is 0 Å². The van der Waals surface area contributed by atoms with Crippen molar-refractivity contribution < 1.29 is 9.90 Å². The van der Waals surface area contributed by atoms with Crippen LogP contribution >= 0.6 is 0 Å². The number of nitrogens with zero attached hydrogens (tertiary/aromatic N) is 1. The van der Waals surface area contributed by atoms with Crippen LogP contribution in [-0.4, -0.2) is 30.2 Å². The van der Waals surface area contributed by atoms with Gasteiger partial charge in [0.05, 0.1) is 12.0 Å². The van der Waals surface area contributed by atoms with Gasteiger partial charge in [0.1, 0.15) is 0 Å². The van der Waals surface area contributed by atoms with Crippen LogP contribution in [0, 0.1) is 0 Å². The Kier molecular flexibility index (Phi) is 4.79. The van der Waals surface area contributed by atoms with Crippen molar-refractivity contribution in [2.45, 2.75) is 31.3 Å². The average molecular weight is 274 g/mol. The van der Waals surface area contributed by atoms with Crippen molar-refractivity contribution in [2.24, 2.45) is 5.73 Å². The Morgan fingerprint density at radius 2 is 2.30 bits per heavy atom. The van der Waals surface area contributed by atoms with E-state index in [1.165, 1.54) is 0 Å². The molecule has 4 heteroatoms. The van der Waals surface area contributed by atoms with Crippen molar-refractivity contribution in [1.29, 1.82) is 0 Å². The molecule has 3 N–H and O–H groups in total. The normalized spacial score (nSPS) is 19.2. The van der Waals surface area contributed by atoms with E-state index in [-0.39, 0.29) is 17.9 Å². The maximum Gasteiger partial charge on any atom is 0.225 e. The molecular formula is C16H22N2O2. The van der Waals surface area contributed by atoms with E-state index < -0.39 is 0 Å². The first-order chi connectivity index (χ1) is 9.63. The second-order valence-electron chi connectivity index (χ2n) is 5.27. The van der Waals surface area contributed by atoms with E-state index >= 15 is 0 Å². The van der Waals surface area contributed by atoms with Crippen LogP contribution in [0.2, 0.25) is 0 Å². The molecular weight excluding hydrogens is 252 g/mol. The molecule has 0 aromatic heterocycles. The lowest BCUT2D eigenvalue weighted by molar-refractivity contribution is -0.119. The number of fused-ring (bicyclic) bond motifs is 1. The number of carbonyl (C=O) groups excluding carboxylic acids is 1. The average Bonchev–Trinajstić information content (AvgIpc) is 2.45. The number of anilines is 1. The first kappa shape index (κ1) is 14.6. The minimum absolute atomic E-state index is 0.215. The van der Waals surface area contributed by atoms with Crippen LogP contribution in [0.1, 0.15) is 30.7 Å². The largest absolute Gasteiger partial charge is 0.391 e. The Balaban J connectivity index is 2.14. The number of rotatable bonds is 6. The second kappa shape index (κ2) is 6.57. The molecule has 2 unspecified atom stereocenters. The fourth-order valence-electron chi connectivity index (χ4n) is 2.77. The van der Waals surface area contributed by atoms with Crippen molar-refractivity contribution in [3.63, 3.8) is 0 Å². The van der Waals surface area contributed by atoms with E-state index in [0.29, 0.717) is 19.4 Å². The van der Waals surface area contributed by atoms with Crippen molar-refractivity contribution in [2.75, 3.05) is 18.0 Å². The van der Waals surface area contributed by atoms with E-state index in [4.69, 9.17) is 5.73 Å². The molecule has 0 saturated heterocycles. The fourth-order valence-corrected chi connectivity index (χ4v) is 2.77. The van der Waals surface area contributed by atoms with Crippen LogP contribution in [0.15, 0.2) is 36.9 Å². The zero-order valence-electron chi connectivity index (χ0n) is 11.7. The zero-order chi connectivity index (χ0) is 14.5. The highest BCUT2D eigenvalue weighted by molar-refractivity contribution is 5.85. The van der Waals surface area contributed by atoms with Crippen LogP contribution in [0.4, 0.5) is 5.69 Å². The summed E-state index contributed by atoms with van der Waals surface area (Å²) in [5.74, 6) is -0.489. The summed E-state index contributed by atoms with van der Waals surface area (Å²) in [5.41, 5.74) is 7.46. The summed E-state index contributed by atoms with van der Waals surface area (Å²) in [6, 6.07) is 7.81. The molecule has 2 atom stereocenters. The lowest BCUT2D eigenvalue weighted by Gasteiger charge is -2.35. The second-order valence-corrected chi connectivity index (χ2v) is 5.27. The topological polar surface area (TPSA) is 66.6 Å². The summed E-state index contributed by atoms with van der Waals surface area (Å²) in [6.45, 7) is 4.99. The van der Waals surface area contributed by atoms with Gasteiger partial charge < -0.3 is 15.7 Å². The van der Waals surface area contributed by atoms with Crippen molar-refractivity contribution in [3.05, 3.63) is 42.5 Å². The Hall–Kier alpha value is -1.81. The summed E-state index contributed by atoms with van der Waals surface area (Å²) in [5, 5.41) is 10.1. The lowest BCUT2D eigenvalue weighted by Crippen LogP contribution is -2.39. The van der Waals surface area contributed by atoms with Crippen molar-refractivity contribution in [3.8, 4) is 0 Å². The molecule has 0 spiro atoms. The lowest BCUT2D eigenvalue weighted by atomic mass is 9.89. The molecule has 1 aromatic carbocycles. The Morgan fingerprint density at radius 3 is 3.00 bits per heavy atom. The predicted octanol–water partition coefficient (Wildman–Crippen LogP) is 1.79. The third kappa shape index (κ3) is 3.20. The van der Waals surface area contributed by atoms with Gasteiger partial charge in [-0.25, -0.2) is 0 Å². The quantitative estimate of drug-likeness (QED) is 0.777. The Labute approximate surface area is 119 Å². The minimum Gasteiger partial charge on any atom is -0.391 e. The van der Waals surface area contributed by atoms with Crippen LogP contribution in [0.25, 0.3) is 0 Å². The van der Waals surface area contributed by atoms with Gasteiger partial charge in [0.2, 0.25) is 5.91 Å². The van der Waals surface area contributed by atoms with Gasteiger partial charge in [0, 0.05) is 18.8 Å². The first-order valence-electron chi connectivity index (χ1n) is 7.05. The highest BCUT2D eigenvalue weighted by atomic mass is 16.3. The zero-order valence-corrected chi connectivity index (χ0v) is 11.7. The van der Waals surface area contributed by atoms with Gasteiger partial charge in [-0.1, -0.05) is 24.3 Å². The number of nitrogens with two attached hydrogens (primary N) is 1. The number of hydrogen-bond acceptors (Lipinski definition) is 3.